The Morgan fingerprint density at radius 3 is 2.56 bits per heavy atom. The first-order chi connectivity index (χ1) is 20.6. The molecule has 9 heteroatoms. The number of rotatable bonds is 6. The number of carbonyl (C=O) groups is 2. The first-order valence-electron chi connectivity index (χ1n) is 14.5. The second-order valence-corrected chi connectivity index (χ2v) is 12.6. The van der Waals surface area contributed by atoms with Gasteiger partial charge in [0.15, 0.2) is 5.82 Å². The van der Waals surface area contributed by atoms with Crippen LogP contribution < -0.4 is 16.2 Å². The van der Waals surface area contributed by atoms with Crippen molar-refractivity contribution in [2.24, 2.45) is 5.41 Å². The van der Waals surface area contributed by atoms with E-state index < -0.39 is 11.2 Å². The zero-order valence-corrected chi connectivity index (χ0v) is 24.8. The number of hydrogen-bond donors (Lipinski definition) is 2. The molecule has 3 aliphatic rings. The summed E-state index contributed by atoms with van der Waals surface area (Å²) >= 11 is 6.78. The van der Waals surface area contributed by atoms with E-state index in [9.17, 15) is 14.4 Å². The monoisotopic (exact) mass is 596 g/mol. The Morgan fingerprint density at radius 2 is 1.79 bits per heavy atom. The van der Waals surface area contributed by atoms with Crippen LogP contribution in [0.3, 0.4) is 0 Å². The predicted molar refractivity (Wildman–Crippen MR) is 163 cm³/mol. The Hall–Kier alpha value is -4.30. The van der Waals surface area contributed by atoms with Crippen molar-refractivity contribution in [3.63, 3.8) is 0 Å². The number of anilines is 1. The second-order valence-electron chi connectivity index (χ2n) is 12.2. The number of aryl methyl sites for hydroxylation is 2. The van der Waals surface area contributed by atoms with Gasteiger partial charge in [-0.25, -0.2) is 4.39 Å². The Kier molecular flexibility index (Phi) is 6.32. The topological polar surface area (TPSA) is 93.1 Å². The number of aromatic nitrogens is 2. The highest BCUT2D eigenvalue weighted by Gasteiger charge is 2.45. The van der Waals surface area contributed by atoms with E-state index in [1.807, 2.05) is 39.0 Å². The molecule has 2 N–H and O–H groups in total. The molecule has 1 unspecified atom stereocenters. The maximum absolute atomic E-state index is 15.6. The van der Waals surface area contributed by atoms with Crippen LogP contribution in [-0.2, 0) is 11.3 Å². The molecule has 2 aliphatic carbocycles. The number of carbonyl (C=O) groups excluding carboxylic acids is 2. The average molecular weight is 597 g/mol. The van der Waals surface area contributed by atoms with Gasteiger partial charge >= 0.3 is 0 Å². The third-order valence-corrected chi connectivity index (χ3v) is 9.60. The minimum atomic E-state index is -0.580. The molecule has 7 nitrogen and oxygen atoms in total. The highest BCUT2D eigenvalue weighted by Crippen LogP contribution is 2.57. The first-order valence-corrected chi connectivity index (χ1v) is 14.8. The second kappa shape index (κ2) is 9.88. The van der Waals surface area contributed by atoms with Crippen molar-refractivity contribution in [3.8, 4) is 16.9 Å². The smallest absolute Gasteiger partial charge is 0.274 e. The van der Waals surface area contributed by atoms with Crippen molar-refractivity contribution < 1.29 is 14.0 Å². The lowest BCUT2D eigenvalue weighted by Crippen LogP contribution is -2.23. The Bertz CT molecular complexity index is 1930. The number of benzene rings is 2. The maximum Gasteiger partial charge on any atom is 0.274 e. The summed E-state index contributed by atoms with van der Waals surface area (Å²) in [4.78, 5) is 43.0. The summed E-state index contributed by atoms with van der Waals surface area (Å²) in [5, 5.41) is 5.78. The molecular weight excluding hydrogens is 567 g/mol. The fourth-order valence-electron chi connectivity index (χ4n) is 6.23. The van der Waals surface area contributed by atoms with Gasteiger partial charge in [-0.2, -0.15) is 0 Å². The normalized spacial score (nSPS) is 19.5. The van der Waals surface area contributed by atoms with Gasteiger partial charge in [-0.05, 0) is 97.5 Å². The summed E-state index contributed by atoms with van der Waals surface area (Å²) in [5.41, 5.74) is 5.50. The zero-order valence-electron chi connectivity index (χ0n) is 24.1. The van der Waals surface area contributed by atoms with E-state index in [-0.39, 0.29) is 45.5 Å². The number of pyridine rings is 2. The minimum absolute atomic E-state index is 0.0541. The van der Waals surface area contributed by atoms with Gasteiger partial charge in [0, 0.05) is 35.0 Å². The van der Waals surface area contributed by atoms with Crippen molar-refractivity contribution in [1.29, 1.82) is 0 Å². The highest BCUT2D eigenvalue weighted by atomic mass is 35.5. The van der Waals surface area contributed by atoms with Crippen LogP contribution in [0.4, 0.5) is 10.1 Å². The van der Waals surface area contributed by atoms with Crippen LogP contribution >= 0.6 is 11.6 Å². The van der Waals surface area contributed by atoms with Gasteiger partial charge in [-0.15, -0.1) is 0 Å². The van der Waals surface area contributed by atoms with E-state index in [4.69, 9.17) is 11.6 Å². The molecule has 7 rings (SSSR count). The van der Waals surface area contributed by atoms with Gasteiger partial charge in [0.25, 0.3) is 11.5 Å². The third-order valence-electron chi connectivity index (χ3n) is 9.22. The molecule has 2 aromatic carbocycles. The SMILES string of the molecule is Cc1cnc(-c2cccc(NC(=O)C3(C)CC3)c2F)cc1-n1c(C)cc([C@@H]2CC2c2cccc3c2CNC3=O)c(Cl)c1=O. The number of nitrogens with one attached hydrogen (secondary N) is 2. The third kappa shape index (κ3) is 4.56. The quantitative estimate of drug-likeness (QED) is 0.264. The van der Waals surface area contributed by atoms with Gasteiger partial charge < -0.3 is 10.6 Å². The van der Waals surface area contributed by atoms with Gasteiger partial charge in [-0.1, -0.05) is 36.7 Å². The van der Waals surface area contributed by atoms with Gasteiger partial charge in [0.2, 0.25) is 5.91 Å². The van der Waals surface area contributed by atoms with Crippen LogP contribution in [0.25, 0.3) is 16.9 Å². The first kappa shape index (κ1) is 27.5. The molecule has 43 heavy (non-hydrogen) atoms. The molecule has 0 bridgehead atoms. The fourth-order valence-corrected chi connectivity index (χ4v) is 6.51. The van der Waals surface area contributed by atoms with Gasteiger partial charge in [-0.3, -0.25) is 23.9 Å². The van der Waals surface area contributed by atoms with Gasteiger partial charge in [0.05, 0.1) is 17.1 Å². The van der Waals surface area contributed by atoms with E-state index >= 15 is 4.39 Å². The largest absolute Gasteiger partial charge is 0.348 e. The average Bonchev–Trinajstić information content (AvgIpc) is 3.91. The van der Waals surface area contributed by atoms with Crippen LogP contribution in [0, 0.1) is 25.1 Å². The Balaban J connectivity index is 1.22. The summed E-state index contributed by atoms with van der Waals surface area (Å²) in [6, 6.07) is 14.3. The summed E-state index contributed by atoms with van der Waals surface area (Å²) in [5.74, 6) is -0.569. The summed E-state index contributed by atoms with van der Waals surface area (Å²) in [6.45, 7) is 6.08. The molecule has 218 valence electrons. The molecule has 4 aromatic rings. The summed E-state index contributed by atoms with van der Waals surface area (Å²) in [7, 11) is 0. The Labute approximate surface area is 253 Å². The number of nitrogens with zero attached hydrogens (tertiary/aromatic N) is 2. The highest BCUT2D eigenvalue weighted by molar-refractivity contribution is 6.31. The van der Waals surface area contributed by atoms with Crippen molar-refractivity contribution in [1.82, 2.24) is 14.9 Å². The molecule has 2 atom stereocenters. The molecule has 2 saturated carbocycles. The molecule has 2 fully saturated rings. The lowest BCUT2D eigenvalue weighted by Gasteiger charge is -2.17. The molecule has 0 radical (unpaired) electrons. The number of hydrogen-bond acceptors (Lipinski definition) is 4. The lowest BCUT2D eigenvalue weighted by molar-refractivity contribution is -0.120. The fraction of sp³-hybridized carbons (Fsp3) is 0.294. The molecule has 2 amide bonds. The number of halogens is 2. The minimum Gasteiger partial charge on any atom is -0.348 e. The van der Waals surface area contributed by atoms with Crippen LogP contribution in [0.5, 0.6) is 0 Å². The predicted octanol–water partition coefficient (Wildman–Crippen LogP) is 6.56. The van der Waals surface area contributed by atoms with E-state index in [0.29, 0.717) is 29.2 Å². The maximum atomic E-state index is 15.6. The van der Waals surface area contributed by atoms with Crippen LogP contribution in [0.1, 0.15) is 76.3 Å². The summed E-state index contributed by atoms with van der Waals surface area (Å²) in [6.07, 6.45) is 4.02. The van der Waals surface area contributed by atoms with E-state index in [1.54, 1.807) is 29.0 Å². The molecule has 2 aromatic heterocycles. The van der Waals surface area contributed by atoms with E-state index in [1.165, 1.54) is 6.07 Å². The van der Waals surface area contributed by atoms with Crippen molar-refractivity contribution in [2.45, 2.75) is 58.4 Å². The van der Waals surface area contributed by atoms with Crippen LogP contribution in [-0.4, -0.2) is 21.4 Å². The van der Waals surface area contributed by atoms with Crippen molar-refractivity contribution in [3.05, 3.63) is 109 Å². The molecule has 0 saturated heterocycles. The molecule has 3 heterocycles. The van der Waals surface area contributed by atoms with E-state index in [0.717, 1.165) is 41.5 Å². The standard InChI is InChI=1S/C34H30ClFN4O3/c1-17-15-37-27(21-8-5-9-26(30(21)36)39-33(43)34(3)10-11-34)14-28(17)40-18(2)12-24(29(35)32(40)42)23-13-22(23)19-6-4-7-20-25(19)16-38-31(20)41/h4-9,12,14-15,22-23H,10-11,13,16H2,1-3H3,(H,38,41)(H,39,43)/t22?,23-/m1/s1. The molecule has 1 aliphatic heterocycles. The van der Waals surface area contributed by atoms with Crippen molar-refractivity contribution >= 4 is 29.1 Å². The Morgan fingerprint density at radius 1 is 1.07 bits per heavy atom. The van der Waals surface area contributed by atoms with Crippen LogP contribution in [0.15, 0.2) is 59.5 Å². The molecule has 0 spiro atoms. The van der Waals surface area contributed by atoms with E-state index in [2.05, 4.69) is 21.7 Å². The lowest BCUT2D eigenvalue weighted by atomic mass is 9.97. The molecular formula is C34H30ClFN4O3. The van der Waals surface area contributed by atoms with Crippen LogP contribution in [0.2, 0.25) is 5.02 Å². The van der Waals surface area contributed by atoms with Crippen molar-refractivity contribution in [2.75, 3.05) is 5.32 Å². The number of fused-ring (bicyclic) bond motifs is 1. The number of amides is 2. The zero-order chi connectivity index (χ0) is 30.2. The summed E-state index contributed by atoms with van der Waals surface area (Å²) < 4.78 is 17.2. The van der Waals surface area contributed by atoms with Gasteiger partial charge in [0.1, 0.15) is 5.02 Å².